The normalized spacial score (nSPS) is 12.7. The van der Waals surface area contributed by atoms with Gasteiger partial charge < -0.3 is 9.67 Å². The van der Waals surface area contributed by atoms with Crippen LogP contribution in [-0.2, 0) is 13.5 Å². The molecule has 2 rings (SSSR count). The van der Waals surface area contributed by atoms with Gasteiger partial charge in [0.05, 0.1) is 24.3 Å². The van der Waals surface area contributed by atoms with Crippen LogP contribution in [0.2, 0.25) is 0 Å². The molecule has 0 fully saturated rings. The number of nitrogens with zero attached hydrogens (tertiary/aromatic N) is 2. The van der Waals surface area contributed by atoms with E-state index in [1.807, 2.05) is 7.05 Å². The fourth-order valence-corrected chi connectivity index (χ4v) is 2.11. The maximum atomic E-state index is 13.1. The molecule has 2 aromatic rings. The van der Waals surface area contributed by atoms with Crippen LogP contribution in [0.5, 0.6) is 0 Å². The van der Waals surface area contributed by atoms with E-state index in [1.54, 1.807) is 23.2 Å². The van der Waals surface area contributed by atoms with E-state index in [2.05, 4.69) is 20.9 Å². The minimum Gasteiger partial charge on any atom is -0.386 e. The van der Waals surface area contributed by atoms with Crippen molar-refractivity contribution in [1.82, 2.24) is 9.55 Å². The van der Waals surface area contributed by atoms with Crippen molar-refractivity contribution in [3.05, 3.63) is 52.3 Å². The Hall–Kier alpha value is -1.20. The van der Waals surface area contributed by atoms with Crippen molar-refractivity contribution in [3.63, 3.8) is 0 Å². The lowest BCUT2D eigenvalue weighted by Gasteiger charge is -2.12. The second kappa shape index (κ2) is 4.98. The summed E-state index contributed by atoms with van der Waals surface area (Å²) in [6.07, 6.45) is 2.88. The van der Waals surface area contributed by atoms with Gasteiger partial charge in [0.2, 0.25) is 0 Å². The molecular weight excluding hydrogens is 287 g/mol. The highest BCUT2D eigenvalue weighted by Gasteiger charge is 2.14. The number of aliphatic hydroxyl groups is 1. The van der Waals surface area contributed by atoms with Crippen LogP contribution in [0.4, 0.5) is 4.39 Å². The van der Waals surface area contributed by atoms with Crippen LogP contribution in [0.15, 0.2) is 35.2 Å². The van der Waals surface area contributed by atoms with Gasteiger partial charge in [-0.05, 0) is 23.8 Å². The first-order valence-corrected chi connectivity index (χ1v) is 5.95. The smallest absolute Gasteiger partial charge is 0.123 e. The zero-order valence-electron chi connectivity index (χ0n) is 9.27. The van der Waals surface area contributed by atoms with Crippen LogP contribution >= 0.6 is 15.9 Å². The van der Waals surface area contributed by atoms with Gasteiger partial charge in [-0.25, -0.2) is 9.37 Å². The van der Waals surface area contributed by atoms with E-state index in [0.717, 1.165) is 10.0 Å². The second-order valence-electron chi connectivity index (χ2n) is 3.89. The van der Waals surface area contributed by atoms with Crippen molar-refractivity contribution in [2.45, 2.75) is 12.5 Å². The van der Waals surface area contributed by atoms with Gasteiger partial charge in [-0.2, -0.15) is 0 Å². The van der Waals surface area contributed by atoms with Gasteiger partial charge in [0, 0.05) is 17.9 Å². The highest BCUT2D eigenvalue weighted by molar-refractivity contribution is 9.10. The highest BCUT2D eigenvalue weighted by atomic mass is 79.9. The van der Waals surface area contributed by atoms with Crippen LogP contribution in [0, 0.1) is 5.82 Å². The minimum atomic E-state index is -0.694. The van der Waals surface area contributed by atoms with Crippen molar-refractivity contribution >= 4 is 15.9 Å². The number of imidazole rings is 1. The Morgan fingerprint density at radius 2 is 2.29 bits per heavy atom. The van der Waals surface area contributed by atoms with Gasteiger partial charge in [0.1, 0.15) is 5.82 Å². The van der Waals surface area contributed by atoms with Crippen LogP contribution in [0.1, 0.15) is 17.4 Å². The Kier molecular flexibility index (Phi) is 3.59. The van der Waals surface area contributed by atoms with E-state index in [9.17, 15) is 9.50 Å². The molecule has 1 atom stereocenters. The molecule has 1 aromatic carbocycles. The van der Waals surface area contributed by atoms with Gasteiger partial charge in [-0.1, -0.05) is 15.9 Å². The molecule has 3 nitrogen and oxygen atoms in total. The fourth-order valence-electron chi connectivity index (χ4n) is 1.70. The lowest BCUT2D eigenvalue weighted by atomic mass is 10.1. The standard InChI is InChI=1S/C12H12BrFN2O/c1-16-7-15-6-11(16)12(17)5-8-4-9(14)2-3-10(8)13/h2-4,6-7,12,17H,5H2,1H3. The number of rotatable bonds is 3. The number of aliphatic hydroxyl groups excluding tert-OH is 1. The molecule has 0 radical (unpaired) electrons. The molecule has 0 saturated heterocycles. The quantitative estimate of drug-likeness (QED) is 0.946. The zero-order valence-corrected chi connectivity index (χ0v) is 10.9. The summed E-state index contributed by atoms with van der Waals surface area (Å²) in [5.74, 6) is -0.305. The predicted molar refractivity (Wildman–Crippen MR) is 66.0 cm³/mol. The Morgan fingerprint density at radius 3 is 2.94 bits per heavy atom. The van der Waals surface area contributed by atoms with E-state index in [1.165, 1.54) is 12.1 Å². The molecule has 5 heteroatoms. The first-order valence-electron chi connectivity index (χ1n) is 5.16. The predicted octanol–water partition coefficient (Wildman–Crippen LogP) is 2.60. The van der Waals surface area contributed by atoms with Gasteiger partial charge >= 0.3 is 0 Å². The Morgan fingerprint density at radius 1 is 1.53 bits per heavy atom. The zero-order chi connectivity index (χ0) is 12.4. The van der Waals surface area contributed by atoms with Gasteiger partial charge in [-0.15, -0.1) is 0 Å². The number of benzene rings is 1. The van der Waals surface area contributed by atoms with Crippen molar-refractivity contribution in [3.8, 4) is 0 Å². The Bertz CT molecular complexity index is 527. The summed E-state index contributed by atoms with van der Waals surface area (Å²) >= 11 is 3.34. The molecule has 17 heavy (non-hydrogen) atoms. The molecular formula is C12H12BrFN2O. The third-order valence-electron chi connectivity index (χ3n) is 2.62. The first-order chi connectivity index (χ1) is 8.08. The van der Waals surface area contributed by atoms with Crippen molar-refractivity contribution in [2.24, 2.45) is 7.05 Å². The number of halogens is 2. The van der Waals surface area contributed by atoms with Crippen LogP contribution in [-0.4, -0.2) is 14.7 Å². The summed E-state index contributed by atoms with van der Waals surface area (Å²) in [5.41, 5.74) is 1.44. The third kappa shape index (κ3) is 2.73. The largest absolute Gasteiger partial charge is 0.386 e. The summed E-state index contributed by atoms with van der Waals surface area (Å²) in [6.45, 7) is 0. The summed E-state index contributed by atoms with van der Waals surface area (Å²) in [6, 6.07) is 4.44. The highest BCUT2D eigenvalue weighted by Crippen LogP contribution is 2.24. The molecule has 0 aliphatic carbocycles. The molecule has 0 aliphatic rings. The number of aromatic nitrogens is 2. The average Bonchev–Trinajstić information content (AvgIpc) is 2.70. The molecule has 0 bridgehead atoms. The lowest BCUT2D eigenvalue weighted by molar-refractivity contribution is 0.170. The molecule has 0 aliphatic heterocycles. The van der Waals surface area contributed by atoms with Crippen LogP contribution in [0.25, 0.3) is 0 Å². The number of hydrogen-bond donors (Lipinski definition) is 1. The maximum Gasteiger partial charge on any atom is 0.123 e. The summed E-state index contributed by atoms with van der Waals surface area (Å²) in [4.78, 5) is 3.94. The van der Waals surface area contributed by atoms with Gasteiger partial charge in [0.15, 0.2) is 0 Å². The molecule has 1 N–H and O–H groups in total. The molecule has 1 heterocycles. The van der Waals surface area contributed by atoms with Crippen LogP contribution in [0.3, 0.4) is 0 Å². The van der Waals surface area contributed by atoms with E-state index in [0.29, 0.717) is 12.1 Å². The summed E-state index contributed by atoms with van der Waals surface area (Å²) in [7, 11) is 1.81. The topological polar surface area (TPSA) is 38.0 Å². The van der Waals surface area contributed by atoms with Crippen LogP contribution < -0.4 is 0 Å². The van der Waals surface area contributed by atoms with Crippen molar-refractivity contribution in [2.75, 3.05) is 0 Å². The minimum absolute atomic E-state index is 0.305. The van der Waals surface area contributed by atoms with E-state index < -0.39 is 6.10 Å². The average molecular weight is 299 g/mol. The molecule has 90 valence electrons. The van der Waals surface area contributed by atoms with E-state index in [-0.39, 0.29) is 5.82 Å². The number of aryl methyl sites for hydroxylation is 1. The summed E-state index contributed by atoms with van der Waals surface area (Å²) < 4.78 is 15.6. The monoisotopic (exact) mass is 298 g/mol. The van der Waals surface area contributed by atoms with Crippen molar-refractivity contribution < 1.29 is 9.50 Å². The van der Waals surface area contributed by atoms with Gasteiger partial charge in [-0.3, -0.25) is 0 Å². The molecule has 1 unspecified atom stereocenters. The first kappa shape index (κ1) is 12.3. The lowest BCUT2D eigenvalue weighted by Crippen LogP contribution is -2.07. The molecule has 0 spiro atoms. The third-order valence-corrected chi connectivity index (χ3v) is 3.39. The van der Waals surface area contributed by atoms with E-state index in [4.69, 9.17) is 0 Å². The summed E-state index contributed by atoms with van der Waals surface area (Å²) in [5, 5.41) is 10.1. The molecule has 0 amide bonds. The Labute approximate surface area is 107 Å². The fraction of sp³-hybridized carbons (Fsp3) is 0.250. The van der Waals surface area contributed by atoms with Crippen molar-refractivity contribution in [1.29, 1.82) is 0 Å². The molecule has 0 saturated carbocycles. The SMILES string of the molecule is Cn1cncc1C(O)Cc1cc(F)ccc1Br. The van der Waals surface area contributed by atoms with E-state index >= 15 is 0 Å². The maximum absolute atomic E-state index is 13.1. The number of hydrogen-bond acceptors (Lipinski definition) is 2. The second-order valence-corrected chi connectivity index (χ2v) is 4.74. The molecule has 1 aromatic heterocycles. The van der Waals surface area contributed by atoms with Gasteiger partial charge in [0.25, 0.3) is 0 Å². The Balaban J connectivity index is 2.21.